The lowest BCUT2D eigenvalue weighted by Crippen LogP contribution is -2.13. The van der Waals surface area contributed by atoms with Crippen molar-refractivity contribution in [2.75, 3.05) is 16.9 Å². The summed E-state index contributed by atoms with van der Waals surface area (Å²) in [6, 6.07) is 3.70. The smallest absolute Gasteiger partial charge is 0.239 e. The number of sulfone groups is 1. The van der Waals surface area contributed by atoms with Crippen LogP contribution in [0, 0.1) is 0 Å². The molecule has 0 saturated heterocycles. The molecule has 0 radical (unpaired) electrons. The topological polar surface area (TPSA) is 83.5 Å². The van der Waals surface area contributed by atoms with Gasteiger partial charge in [0.2, 0.25) is 5.91 Å². The van der Waals surface area contributed by atoms with Gasteiger partial charge in [0.15, 0.2) is 9.84 Å². The molecule has 1 amide bonds. The van der Waals surface area contributed by atoms with Crippen LogP contribution in [0.4, 0.5) is 5.69 Å². The van der Waals surface area contributed by atoms with Crippen LogP contribution in [0.3, 0.4) is 0 Å². The fraction of sp³-hybridized carbons (Fsp3) is 0.300. The summed E-state index contributed by atoms with van der Waals surface area (Å²) in [6.45, 7) is 1.51. The van der Waals surface area contributed by atoms with E-state index in [2.05, 4.69) is 5.32 Å². The summed E-state index contributed by atoms with van der Waals surface area (Å²) in [4.78, 5) is 11.1. The Labute approximate surface area is 104 Å². The maximum atomic E-state index is 11.6. The molecule has 0 saturated carbocycles. The van der Waals surface area contributed by atoms with Gasteiger partial charge in [0, 0.05) is 0 Å². The van der Waals surface area contributed by atoms with Crippen LogP contribution in [0.5, 0.6) is 5.75 Å². The highest BCUT2D eigenvalue weighted by molar-refractivity contribution is 7.91. The Bertz CT molecular complexity index is 527. The lowest BCUT2D eigenvalue weighted by molar-refractivity contribution is -0.113. The van der Waals surface area contributed by atoms with E-state index in [-0.39, 0.29) is 28.0 Å². The second-order valence-corrected chi connectivity index (χ2v) is 5.81. The van der Waals surface area contributed by atoms with Crippen LogP contribution < -0.4 is 5.32 Å². The molecule has 0 unspecified atom stereocenters. The third kappa shape index (κ3) is 3.34. The normalized spacial score (nSPS) is 11.2. The molecule has 0 aromatic heterocycles. The fourth-order valence-corrected chi connectivity index (χ4v) is 2.13. The van der Waals surface area contributed by atoms with E-state index in [1.807, 2.05) is 0 Å². The van der Waals surface area contributed by atoms with Gasteiger partial charge in [-0.25, -0.2) is 8.42 Å². The zero-order valence-corrected chi connectivity index (χ0v) is 10.7. The lowest BCUT2D eigenvalue weighted by Gasteiger charge is -2.08. The van der Waals surface area contributed by atoms with Gasteiger partial charge >= 0.3 is 0 Å². The number of carbonyl (C=O) groups excluding carboxylic acids is 1. The average molecular weight is 278 g/mol. The first kappa shape index (κ1) is 13.8. The van der Waals surface area contributed by atoms with Crippen LogP contribution in [0.1, 0.15) is 6.92 Å². The second-order valence-electron chi connectivity index (χ2n) is 3.26. The van der Waals surface area contributed by atoms with Crippen molar-refractivity contribution in [3.8, 4) is 5.75 Å². The molecule has 1 rings (SSSR count). The summed E-state index contributed by atoms with van der Waals surface area (Å²) >= 11 is 5.30. The number of nitrogens with one attached hydrogen (secondary N) is 1. The third-order valence-corrected chi connectivity index (χ3v) is 4.08. The van der Waals surface area contributed by atoms with E-state index in [1.165, 1.54) is 25.1 Å². The number of carbonyl (C=O) groups is 1. The summed E-state index contributed by atoms with van der Waals surface area (Å²) in [5, 5.41) is 11.8. The van der Waals surface area contributed by atoms with Crippen LogP contribution in [0.25, 0.3) is 0 Å². The number of hydrogen-bond donors (Lipinski definition) is 2. The van der Waals surface area contributed by atoms with E-state index in [9.17, 15) is 18.3 Å². The van der Waals surface area contributed by atoms with Crippen molar-refractivity contribution in [2.24, 2.45) is 0 Å². The molecular formula is C10H12ClNO4S. The summed E-state index contributed by atoms with van der Waals surface area (Å²) in [5.74, 6) is -1.06. The molecule has 17 heavy (non-hydrogen) atoms. The van der Waals surface area contributed by atoms with Crippen molar-refractivity contribution in [1.82, 2.24) is 0 Å². The average Bonchev–Trinajstić information content (AvgIpc) is 2.31. The Morgan fingerprint density at radius 3 is 2.65 bits per heavy atom. The number of amides is 1. The molecule has 94 valence electrons. The first-order valence-electron chi connectivity index (χ1n) is 4.82. The molecule has 0 aliphatic rings. The number of benzene rings is 1. The number of alkyl halides is 1. The molecule has 1 aromatic rings. The fourth-order valence-electron chi connectivity index (χ4n) is 1.16. The Morgan fingerprint density at radius 1 is 1.47 bits per heavy atom. The summed E-state index contributed by atoms with van der Waals surface area (Å²) in [6.07, 6.45) is 0. The minimum Gasteiger partial charge on any atom is -0.506 e. The molecule has 5 nitrogen and oxygen atoms in total. The Morgan fingerprint density at radius 2 is 2.12 bits per heavy atom. The first-order valence-corrected chi connectivity index (χ1v) is 7.01. The number of rotatable bonds is 4. The van der Waals surface area contributed by atoms with Crippen molar-refractivity contribution in [3.05, 3.63) is 18.2 Å². The van der Waals surface area contributed by atoms with E-state index in [0.29, 0.717) is 0 Å². The molecule has 0 aliphatic heterocycles. The van der Waals surface area contributed by atoms with Gasteiger partial charge in [0.1, 0.15) is 11.6 Å². The molecule has 0 heterocycles. The predicted octanol–water partition coefficient (Wildman–Crippen LogP) is 1.36. The summed E-state index contributed by atoms with van der Waals surface area (Å²) in [7, 11) is -3.38. The van der Waals surface area contributed by atoms with Gasteiger partial charge in [-0.1, -0.05) is 6.92 Å². The SMILES string of the molecule is CCS(=O)(=O)c1ccc(O)c(NC(=O)CCl)c1. The van der Waals surface area contributed by atoms with Crippen LogP contribution >= 0.6 is 11.6 Å². The monoisotopic (exact) mass is 277 g/mol. The number of aromatic hydroxyl groups is 1. The summed E-state index contributed by atoms with van der Waals surface area (Å²) < 4.78 is 23.2. The van der Waals surface area contributed by atoms with Crippen LogP contribution in [-0.4, -0.2) is 31.1 Å². The number of hydrogen-bond acceptors (Lipinski definition) is 4. The van der Waals surface area contributed by atoms with E-state index in [0.717, 1.165) is 0 Å². The van der Waals surface area contributed by atoms with Gasteiger partial charge in [-0.05, 0) is 18.2 Å². The molecular weight excluding hydrogens is 266 g/mol. The van der Waals surface area contributed by atoms with Crippen molar-refractivity contribution in [1.29, 1.82) is 0 Å². The number of phenolic OH excluding ortho intramolecular Hbond substituents is 1. The summed E-state index contributed by atoms with van der Waals surface area (Å²) in [5.41, 5.74) is 0.0326. The molecule has 0 fully saturated rings. The standard InChI is InChI=1S/C10H12ClNO4S/c1-2-17(15,16)7-3-4-9(13)8(5-7)12-10(14)6-11/h3-5,13H,2,6H2,1H3,(H,12,14). The minimum absolute atomic E-state index is 0.0326. The maximum Gasteiger partial charge on any atom is 0.239 e. The number of phenols is 1. The van der Waals surface area contributed by atoms with Gasteiger partial charge in [-0.2, -0.15) is 0 Å². The highest BCUT2D eigenvalue weighted by atomic mass is 35.5. The Hall–Kier alpha value is -1.27. The van der Waals surface area contributed by atoms with Gasteiger partial charge in [0.05, 0.1) is 16.3 Å². The highest BCUT2D eigenvalue weighted by Gasteiger charge is 2.14. The largest absolute Gasteiger partial charge is 0.506 e. The Balaban J connectivity index is 3.15. The van der Waals surface area contributed by atoms with E-state index in [1.54, 1.807) is 0 Å². The van der Waals surface area contributed by atoms with E-state index >= 15 is 0 Å². The quantitative estimate of drug-likeness (QED) is 0.643. The lowest BCUT2D eigenvalue weighted by atomic mass is 10.3. The number of anilines is 1. The highest BCUT2D eigenvalue weighted by Crippen LogP contribution is 2.26. The second kappa shape index (κ2) is 5.37. The molecule has 1 aromatic carbocycles. The van der Waals surface area contributed by atoms with Crippen LogP contribution in [-0.2, 0) is 14.6 Å². The van der Waals surface area contributed by atoms with Crippen LogP contribution in [0.2, 0.25) is 0 Å². The van der Waals surface area contributed by atoms with Crippen LogP contribution in [0.15, 0.2) is 23.1 Å². The first-order chi connectivity index (χ1) is 7.90. The van der Waals surface area contributed by atoms with E-state index < -0.39 is 15.7 Å². The van der Waals surface area contributed by atoms with Crippen molar-refractivity contribution >= 4 is 33.0 Å². The van der Waals surface area contributed by atoms with Crippen molar-refractivity contribution in [2.45, 2.75) is 11.8 Å². The third-order valence-electron chi connectivity index (χ3n) is 2.10. The Kier molecular flexibility index (Phi) is 4.36. The minimum atomic E-state index is -3.38. The molecule has 7 heteroatoms. The van der Waals surface area contributed by atoms with Gasteiger partial charge in [-0.15, -0.1) is 11.6 Å². The van der Waals surface area contributed by atoms with Gasteiger partial charge < -0.3 is 10.4 Å². The molecule has 0 bridgehead atoms. The molecule has 2 N–H and O–H groups in total. The van der Waals surface area contributed by atoms with E-state index in [4.69, 9.17) is 11.6 Å². The van der Waals surface area contributed by atoms with Crippen molar-refractivity contribution < 1.29 is 18.3 Å². The molecule has 0 aliphatic carbocycles. The molecule has 0 atom stereocenters. The van der Waals surface area contributed by atoms with Gasteiger partial charge in [-0.3, -0.25) is 4.79 Å². The van der Waals surface area contributed by atoms with Crippen molar-refractivity contribution in [3.63, 3.8) is 0 Å². The zero-order valence-electron chi connectivity index (χ0n) is 9.10. The number of halogens is 1. The zero-order chi connectivity index (χ0) is 13.1. The predicted molar refractivity (Wildman–Crippen MR) is 65.2 cm³/mol. The van der Waals surface area contributed by atoms with Gasteiger partial charge in [0.25, 0.3) is 0 Å². The molecule has 0 spiro atoms. The maximum absolute atomic E-state index is 11.6.